The van der Waals surface area contributed by atoms with Crippen LogP contribution in [0.3, 0.4) is 0 Å². The van der Waals surface area contributed by atoms with Crippen LogP contribution in [0.2, 0.25) is 0 Å². The molecule has 0 atom stereocenters. The van der Waals surface area contributed by atoms with Crippen molar-refractivity contribution < 1.29 is 17.6 Å². The maximum absolute atomic E-state index is 12.4. The Morgan fingerprint density at radius 3 is 2.58 bits per heavy atom. The lowest BCUT2D eigenvalue weighted by atomic mass is 10.2. The van der Waals surface area contributed by atoms with Crippen molar-refractivity contribution in [1.82, 2.24) is 10.3 Å². The zero-order valence-corrected chi connectivity index (χ0v) is 15.8. The molecule has 1 aromatic carbocycles. The molecule has 1 amide bonds. The number of furan rings is 1. The van der Waals surface area contributed by atoms with Crippen LogP contribution >= 0.6 is 11.3 Å². The molecule has 0 spiro atoms. The normalized spacial score (nSPS) is 11.3. The van der Waals surface area contributed by atoms with Crippen molar-refractivity contribution in [3.63, 3.8) is 0 Å². The van der Waals surface area contributed by atoms with Crippen LogP contribution in [0.1, 0.15) is 26.7 Å². The van der Waals surface area contributed by atoms with Gasteiger partial charge in [-0.2, -0.15) is 0 Å². The van der Waals surface area contributed by atoms with Crippen molar-refractivity contribution >= 4 is 32.4 Å². The zero-order valence-electron chi connectivity index (χ0n) is 14.1. The molecule has 0 aliphatic rings. The van der Waals surface area contributed by atoms with Crippen LogP contribution in [-0.4, -0.2) is 19.3 Å². The van der Waals surface area contributed by atoms with Crippen LogP contribution in [-0.2, 0) is 16.6 Å². The van der Waals surface area contributed by atoms with Gasteiger partial charge in [0.1, 0.15) is 10.6 Å². The molecular formula is C17H17N3O4S2. The average Bonchev–Trinajstić information content (AvgIpc) is 3.22. The molecule has 2 aromatic heterocycles. The van der Waals surface area contributed by atoms with Gasteiger partial charge in [-0.25, -0.2) is 13.4 Å². The minimum Gasteiger partial charge on any atom is -0.467 e. The molecule has 0 unspecified atom stereocenters. The third kappa shape index (κ3) is 4.12. The second kappa shape index (κ2) is 7.30. The predicted octanol–water partition coefficient (Wildman–Crippen LogP) is 3.08. The molecule has 0 radical (unpaired) electrons. The summed E-state index contributed by atoms with van der Waals surface area (Å²) in [5.74, 6) is 0.290. The van der Waals surface area contributed by atoms with Crippen molar-refractivity contribution in [3.05, 3.63) is 64.6 Å². The summed E-state index contributed by atoms with van der Waals surface area (Å²) in [6, 6.07) is 9.97. The first-order chi connectivity index (χ1) is 12.3. The molecule has 3 rings (SSSR count). The minimum atomic E-state index is -3.76. The van der Waals surface area contributed by atoms with Gasteiger partial charge >= 0.3 is 0 Å². The summed E-state index contributed by atoms with van der Waals surface area (Å²) in [6.45, 7) is 3.78. The van der Waals surface area contributed by atoms with E-state index in [0.29, 0.717) is 16.3 Å². The zero-order chi connectivity index (χ0) is 18.7. The van der Waals surface area contributed by atoms with Crippen molar-refractivity contribution in [2.45, 2.75) is 25.3 Å². The first-order valence-corrected chi connectivity index (χ1v) is 10.0. The van der Waals surface area contributed by atoms with Crippen LogP contribution in [0.4, 0.5) is 5.13 Å². The molecule has 0 saturated carbocycles. The smallest absolute Gasteiger partial charge is 0.263 e. The lowest BCUT2D eigenvalue weighted by Crippen LogP contribution is -2.22. The number of nitrogens with zero attached hydrogens (tertiary/aromatic N) is 1. The Morgan fingerprint density at radius 1 is 1.19 bits per heavy atom. The largest absolute Gasteiger partial charge is 0.467 e. The van der Waals surface area contributed by atoms with Crippen LogP contribution in [0.15, 0.2) is 52.0 Å². The van der Waals surface area contributed by atoms with Gasteiger partial charge in [0.2, 0.25) is 0 Å². The molecule has 2 heterocycles. The number of aryl methyl sites for hydroxylation is 2. The van der Waals surface area contributed by atoms with Crippen LogP contribution in [0.5, 0.6) is 0 Å². The van der Waals surface area contributed by atoms with Crippen LogP contribution in [0.25, 0.3) is 0 Å². The molecule has 0 aliphatic heterocycles. The van der Waals surface area contributed by atoms with E-state index in [-0.39, 0.29) is 22.5 Å². The maximum atomic E-state index is 12.4. The molecule has 0 fully saturated rings. The van der Waals surface area contributed by atoms with Gasteiger partial charge in [0, 0.05) is 0 Å². The van der Waals surface area contributed by atoms with E-state index in [1.54, 1.807) is 31.2 Å². The van der Waals surface area contributed by atoms with Gasteiger partial charge in [0.05, 0.1) is 23.4 Å². The summed E-state index contributed by atoms with van der Waals surface area (Å²) >= 11 is 0.985. The molecule has 3 aromatic rings. The van der Waals surface area contributed by atoms with Crippen molar-refractivity contribution in [1.29, 1.82) is 0 Å². The van der Waals surface area contributed by atoms with Gasteiger partial charge in [-0.15, -0.1) is 0 Å². The Kier molecular flexibility index (Phi) is 5.10. The average molecular weight is 391 g/mol. The number of carbonyl (C=O) groups excluding carboxylic acids is 1. The van der Waals surface area contributed by atoms with E-state index < -0.39 is 10.0 Å². The molecule has 2 N–H and O–H groups in total. The van der Waals surface area contributed by atoms with E-state index in [2.05, 4.69) is 15.0 Å². The predicted molar refractivity (Wildman–Crippen MR) is 98.7 cm³/mol. The summed E-state index contributed by atoms with van der Waals surface area (Å²) in [5, 5.41) is 2.86. The van der Waals surface area contributed by atoms with Crippen LogP contribution in [0, 0.1) is 13.8 Å². The fourth-order valence-corrected chi connectivity index (χ4v) is 4.32. The van der Waals surface area contributed by atoms with Gasteiger partial charge in [-0.3, -0.25) is 9.52 Å². The molecular weight excluding hydrogens is 374 g/mol. The Morgan fingerprint density at radius 2 is 1.92 bits per heavy atom. The molecule has 9 heteroatoms. The van der Waals surface area contributed by atoms with Crippen LogP contribution < -0.4 is 10.0 Å². The summed E-state index contributed by atoms with van der Waals surface area (Å²) in [7, 11) is -3.76. The Hall–Kier alpha value is -2.65. The molecule has 0 bridgehead atoms. The summed E-state index contributed by atoms with van der Waals surface area (Å²) in [6.07, 6.45) is 1.53. The highest BCUT2D eigenvalue weighted by molar-refractivity contribution is 7.93. The molecule has 26 heavy (non-hydrogen) atoms. The fourth-order valence-electron chi connectivity index (χ4n) is 2.20. The standard InChI is InChI=1S/C17H17N3O4S2/c1-11-5-7-14(8-6-11)26(22,23)20-17-19-12(2)15(25-17)16(21)18-10-13-4-3-9-24-13/h3-9H,10H2,1-2H3,(H,18,21)(H,19,20). The van der Waals surface area contributed by atoms with Gasteiger partial charge in [-0.1, -0.05) is 29.0 Å². The number of thiazole rings is 1. The third-order valence-corrected chi connectivity index (χ3v) is 6.11. The Labute approximate surface area is 155 Å². The Balaban J connectivity index is 1.73. The fraction of sp³-hybridized carbons (Fsp3) is 0.176. The highest BCUT2D eigenvalue weighted by Gasteiger charge is 2.20. The van der Waals surface area contributed by atoms with Crippen molar-refractivity contribution in [3.8, 4) is 0 Å². The number of amides is 1. The second-order valence-corrected chi connectivity index (χ2v) is 8.30. The number of carbonyl (C=O) groups is 1. The first kappa shape index (κ1) is 18.2. The molecule has 136 valence electrons. The number of aromatic nitrogens is 1. The van der Waals surface area contributed by atoms with E-state index in [4.69, 9.17) is 4.42 Å². The quantitative estimate of drug-likeness (QED) is 0.672. The summed E-state index contributed by atoms with van der Waals surface area (Å²) in [5.41, 5.74) is 1.41. The van der Waals surface area contributed by atoms with Gasteiger partial charge in [0.25, 0.3) is 15.9 Å². The van der Waals surface area contributed by atoms with E-state index in [1.807, 2.05) is 6.92 Å². The number of anilines is 1. The topological polar surface area (TPSA) is 101 Å². The Bertz CT molecular complexity index is 1010. The number of benzene rings is 1. The summed E-state index contributed by atoms with van der Waals surface area (Å²) < 4.78 is 32.4. The summed E-state index contributed by atoms with van der Waals surface area (Å²) in [4.78, 5) is 16.9. The second-order valence-electron chi connectivity index (χ2n) is 5.61. The lowest BCUT2D eigenvalue weighted by Gasteiger charge is -2.05. The molecule has 0 saturated heterocycles. The highest BCUT2D eigenvalue weighted by atomic mass is 32.2. The molecule has 7 nitrogen and oxygen atoms in total. The number of hydrogen-bond donors (Lipinski definition) is 2. The number of sulfonamides is 1. The molecule has 0 aliphatic carbocycles. The minimum absolute atomic E-state index is 0.139. The first-order valence-electron chi connectivity index (χ1n) is 7.72. The number of hydrogen-bond acceptors (Lipinski definition) is 6. The van der Waals surface area contributed by atoms with E-state index in [1.165, 1.54) is 18.4 Å². The van der Waals surface area contributed by atoms with E-state index in [9.17, 15) is 13.2 Å². The van der Waals surface area contributed by atoms with Gasteiger partial charge in [-0.05, 0) is 38.1 Å². The van der Waals surface area contributed by atoms with Crippen molar-refractivity contribution in [2.75, 3.05) is 4.72 Å². The maximum Gasteiger partial charge on any atom is 0.263 e. The monoisotopic (exact) mass is 391 g/mol. The van der Waals surface area contributed by atoms with Gasteiger partial charge < -0.3 is 9.73 Å². The van der Waals surface area contributed by atoms with E-state index >= 15 is 0 Å². The highest BCUT2D eigenvalue weighted by Crippen LogP contribution is 2.25. The van der Waals surface area contributed by atoms with Crippen molar-refractivity contribution in [2.24, 2.45) is 0 Å². The van der Waals surface area contributed by atoms with E-state index in [0.717, 1.165) is 16.9 Å². The number of nitrogens with one attached hydrogen (secondary N) is 2. The third-order valence-electron chi connectivity index (χ3n) is 3.56. The van der Waals surface area contributed by atoms with Gasteiger partial charge in [0.15, 0.2) is 5.13 Å². The lowest BCUT2D eigenvalue weighted by molar-refractivity contribution is 0.0951. The number of rotatable bonds is 6. The SMILES string of the molecule is Cc1ccc(S(=O)(=O)Nc2nc(C)c(C(=O)NCc3ccco3)s2)cc1.